The highest BCUT2D eigenvalue weighted by Crippen LogP contribution is 2.24. The number of amides is 2. The van der Waals surface area contributed by atoms with Crippen molar-refractivity contribution in [2.75, 3.05) is 57.4 Å². The first kappa shape index (κ1) is 15.9. The van der Waals surface area contributed by atoms with E-state index in [4.69, 9.17) is 21.6 Å². The van der Waals surface area contributed by atoms with E-state index in [1.165, 1.54) is 0 Å². The number of rotatable bonds is 1. The number of halogens is 1. The summed E-state index contributed by atoms with van der Waals surface area (Å²) in [7, 11) is 0. The Morgan fingerprint density at radius 3 is 2.35 bits per heavy atom. The molecule has 1 aromatic rings. The van der Waals surface area contributed by atoms with E-state index in [1.807, 2.05) is 21.9 Å². The molecule has 2 fully saturated rings. The van der Waals surface area contributed by atoms with Gasteiger partial charge in [0.25, 0.3) is 0 Å². The Morgan fingerprint density at radius 2 is 1.74 bits per heavy atom. The largest absolute Gasteiger partial charge is 0.378 e. The summed E-state index contributed by atoms with van der Waals surface area (Å²) >= 11 is 6.10. The van der Waals surface area contributed by atoms with Gasteiger partial charge in [0.15, 0.2) is 0 Å². The zero-order chi connectivity index (χ0) is 16.2. The van der Waals surface area contributed by atoms with Crippen LogP contribution in [0.3, 0.4) is 0 Å². The number of piperazine rings is 1. The normalized spacial score (nSPS) is 18.7. The third-order valence-corrected chi connectivity index (χ3v) is 4.58. The molecule has 0 aliphatic carbocycles. The van der Waals surface area contributed by atoms with Crippen LogP contribution in [0.1, 0.15) is 5.56 Å². The average Bonchev–Trinajstić information content (AvgIpc) is 2.62. The van der Waals surface area contributed by atoms with E-state index in [0.29, 0.717) is 50.0 Å². The van der Waals surface area contributed by atoms with E-state index in [1.54, 1.807) is 6.07 Å². The van der Waals surface area contributed by atoms with Crippen molar-refractivity contribution in [3.05, 3.63) is 28.8 Å². The molecule has 23 heavy (non-hydrogen) atoms. The van der Waals surface area contributed by atoms with Crippen LogP contribution in [0.4, 0.5) is 10.5 Å². The minimum absolute atomic E-state index is 0.103. The summed E-state index contributed by atoms with van der Waals surface area (Å²) in [6.45, 7) is 5.48. The van der Waals surface area contributed by atoms with Crippen LogP contribution < -0.4 is 4.90 Å². The minimum Gasteiger partial charge on any atom is -0.378 e. The summed E-state index contributed by atoms with van der Waals surface area (Å²) in [5.74, 6) is 0. The third kappa shape index (κ3) is 3.52. The number of hydrogen-bond donors (Lipinski definition) is 0. The predicted molar refractivity (Wildman–Crippen MR) is 87.7 cm³/mol. The van der Waals surface area contributed by atoms with Crippen molar-refractivity contribution in [2.24, 2.45) is 0 Å². The Balaban J connectivity index is 1.59. The molecule has 6 nitrogen and oxygen atoms in total. The molecule has 0 saturated carbocycles. The molecule has 2 heterocycles. The maximum absolute atomic E-state index is 12.5. The summed E-state index contributed by atoms with van der Waals surface area (Å²) in [6, 6.07) is 7.63. The van der Waals surface area contributed by atoms with Gasteiger partial charge in [-0.2, -0.15) is 5.26 Å². The second-order valence-electron chi connectivity index (χ2n) is 5.63. The van der Waals surface area contributed by atoms with Crippen LogP contribution in [0, 0.1) is 11.3 Å². The first-order valence-electron chi connectivity index (χ1n) is 7.75. The van der Waals surface area contributed by atoms with Gasteiger partial charge in [-0.1, -0.05) is 11.6 Å². The molecule has 1 aromatic carbocycles. The molecule has 0 spiro atoms. The lowest BCUT2D eigenvalue weighted by Crippen LogP contribution is -2.54. The van der Waals surface area contributed by atoms with Crippen LogP contribution >= 0.6 is 11.6 Å². The number of carbonyl (C=O) groups excluding carboxylic acids is 1. The maximum atomic E-state index is 12.5. The average molecular weight is 335 g/mol. The van der Waals surface area contributed by atoms with Crippen LogP contribution in [0.25, 0.3) is 0 Å². The number of nitriles is 1. The van der Waals surface area contributed by atoms with Crippen molar-refractivity contribution in [1.29, 1.82) is 5.26 Å². The van der Waals surface area contributed by atoms with Crippen molar-refractivity contribution >= 4 is 23.3 Å². The zero-order valence-corrected chi connectivity index (χ0v) is 13.6. The molecule has 0 N–H and O–H groups in total. The van der Waals surface area contributed by atoms with Gasteiger partial charge >= 0.3 is 6.03 Å². The van der Waals surface area contributed by atoms with Crippen LogP contribution in [-0.4, -0.2) is 68.3 Å². The predicted octanol–water partition coefficient (Wildman–Crippen LogP) is 1.79. The number of hydrogen-bond acceptors (Lipinski definition) is 4. The van der Waals surface area contributed by atoms with Crippen LogP contribution in [0.15, 0.2) is 18.2 Å². The van der Waals surface area contributed by atoms with Crippen molar-refractivity contribution in [3.63, 3.8) is 0 Å². The highest BCUT2D eigenvalue weighted by molar-refractivity contribution is 6.32. The zero-order valence-electron chi connectivity index (χ0n) is 12.9. The van der Waals surface area contributed by atoms with E-state index in [2.05, 4.69) is 11.0 Å². The van der Waals surface area contributed by atoms with Gasteiger partial charge in [-0.3, -0.25) is 0 Å². The number of carbonyl (C=O) groups is 1. The summed E-state index contributed by atoms with van der Waals surface area (Å²) in [4.78, 5) is 18.4. The van der Waals surface area contributed by atoms with Gasteiger partial charge in [0.05, 0.1) is 23.8 Å². The van der Waals surface area contributed by atoms with Crippen LogP contribution in [-0.2, 0) is 4.74 Å². The van der Waals surface area contributed by atoms with Crippen LogP contribution in [0.5, 0.6) is 0 Å². The minimum atomic E-state index is 0.103. The Bertz CT molecular complexity index is 617. The van der Waals surface area contributed by atoms with Gasteiger partial charge < -0.3 is 19.4 Å². The third-order valence-electron chi connectivity index (χ3n) is 4.27. The number of urea groups is 1. The highest BCUT2D eigenvalue weighted by Gasteiger charge is 2.26. The molecule has 2 amide bonds. The lowest BCUT2D eigenvalue weighted by atomic mass is 10.2. The van der Waals surface area contributed by atoms with E-state index in [0.717, 1.165) is 18.8 Å². The SMILES string of the molecule is N#Cc1ccc(N2CCN(C(=O)N3CCOCC3)CC2)cc1Cl. The number of ether oxygens (including phenoxy) is 1. The smallest absolute Gasteiger partial charge is 0.320 e. The Morgan fingerprint density at radius 1 is 1.09 bits per heavy atom. The molecule has 0 unspecified atom stereocenters. The molecular formula is C16H19ClN4O2. The van der Waals surface area contributed by atoms with E-state index in [-0.39, 0.29) is 6.03 Å². The molecule has 3 rings (SSSR count). The monoisotopic (exact) mass is 334 g/mol. The number of morpholine rings is 1. The Hall–Kier alpha value is -1.97. The van der Waals surface area contributed by atoms with Gasteiger partial charge in [-0.15, -0.1) is 0 Å². The van der Waals surface area contributed by atoms with E-state index >= 15 is 0 Å². The first-order valence-corrected chi connectivity index (χ1v) is 8.13. The lowest BCUT2D eigenvalue weighted by Gasteiger charge is -2.39. The quantitative estimate of drug-likeness (QED) is 0.785. The molecule has 0 aromatic heterocycles. The van der Waals surface area contributed by atoms with Gasteiger partial charge in [0.1, 0.15) is 6.07 Å². The lowest BCUT2D eigenvalue weighted by molar-refractivity contribution is 0.0428. The molecule has 0 atom stereocenters. The van der Waals surface area contributed by atoms with E-state index < -0.39 is 0 Å². The van der Waals surface area contributed by atoms with Crippen molar-refractivity contribution < 1.29 is 9.53 Å². The number of nitrogens with zero attached hydrogens (tertiary/aromatic N) is 4. The number of anilines is 1. The summed E-state index contributed by atoms with van der Waals surface area (Å²) < 4.78 is 5.29. The van der Waals surface area contributed by atoms with Gasteiger partial charge in [-0.25, -0.2) is 4.79 Å². The molecule has 2 aliphatic rings. The fourth-order valence-corrected chi connectivity index (χ4v) is 3.12. The summed E-state index contributed by atoms with van der Waals surface area (Å²) in [6.07, 6.45) is 0. The number of benzene rings is 1. The standard InChI is InChI=1S/C16H19ClN4O2/c17-15-11-14(2-1-13(15)12-18)19-3-5-20(6-4-19)16(22)21-7-9-23-10-8-21/h1-2,11H,3-10H2. The van der Waals surface area contributed by atoms with Gasteiger partial charge in [0.2, 0.25) is 0 Å². The summed E-state index contributed by atoms with van der Waals surface area (Å²) in [5, 5.41) is 9.40. The second kappa shape index (κ2) is 7.07. The molecular weight excluding hydrogens is 316 g/mol. The molecule has 122 valence electrons. The molecule has 0 radical (unpaired) electrons. The first-order chi connectivity index (χ1) is 11.2. The fraction of sp³-hybridized carbons (Fsp3) is 0.500. The van der Waals surface area contributed by atoms with Crippen LogP contribution in [0.2, 0.25) is 5.02 Å². The topological polar surface area (TPSA) is 59.8 Å². The Labute approximate surface area is 140 Å². The maximum Gasteiger partial charge on any atom is 0.320 e. The van der Waals surface area contributed by atoms with E-state index in [9.17, 15) is 4.79 Å². The van der Waals surface area contributed by atoms with Crippen molar-refractivity contribution in [2.45, 2.75) is 0 Å². The Kier molecular flexibility index (Phi) is 4.89. The summed E-state index contributed by atoms with van der Waals surface area (Å²) in [5.41, 5.74) is 1.48. The fourth-order valence-electron chi connectivity index (χ4n) is 2.90. The molecule has 2 aliphatic heterocycles. The van der Waals surface area contributed by atoms with Crippen molar-refractivity contribution in [1.82, 2.24) is 9.80 Å². The molecule has 0 bridgehead atoms. The van der Waals surface area contributed by atoms with Gasteiger partial charge in [0, 0.05) is 45.0 Å². The highest BCUT2D eigenvalue weighted by atomic mass is 35.5. The molecule has 7 heteroatoms. The second-order valence-corrected chi connectivity index (χ2v) is 6.04. The molecule has 2 saturated heterocycles. The van der Waals surface area contributed by atoms with Crippen molar-refractivity contribution in [3.8, 4) is 6.07 Å². The van der Waals surface area contributed by atoms with Gasteiger partial charge in [-0.05, 0) is 18.2 Å².